The van der Waals surface area contributed by atoms with Gasteiger partial charge in [0.2, 0.25) is 0 Å². The first-order chi connectivity index (χ1) is 10.1. The van der Waals surface area contributed by atoms with Crippen molar-refractivity contribution in [2.75, 3.05) is 0 Å². The molecular formula is C20H30O. The number of aliphatic hydroxyl groups is 1. The Hall–Kier alpha value is -0.300. The molecule has 5 aliphatic rings. The molecule has 4 saturated carbocycles. The average Bonchev–Trinajstić information content (AvgIpc) is 3.19. The minimum Gasteiger partial charge on any atom is -0.393 e. The van der Waals surface area contributed by atoms with Crippen LogP contribution < -0.4 is 0 Å². The zero-order chi connectivity index (χ0) is 14.4. The standard InChI is InChI=1S/C20H30O/c1-19-9-4-3-5-14(19)12-11-13(12)18-15-6-7-17(21)20(15,2)10-8-16(18)19/h5,12-13,15-18,21H,3-4,6-11H2,1-2H3/t12-,13+,15-,16-,17-,18-,19-,20-/m0/s1. The van der Waals surface area contributed by atoms with Crippen molar-refractivity contribution < 1.29 is 5.11 Å². The van der Waals surface area contributed by atoms with Gasteiger partial charge in [-0.05, 0) is 91.8 Å². The van der Waals surface area contributed by atoms with Gasteiger partial charge in [0, 0.05) is 0 Å². The molecule has 1 N–H and O–H groups in total. The Bertz CT molecular complexity index is 508. The van der Waals surface area contributed by atoms with E-state index in [1.54, 1.807) is 0 Å². The predicted molar refractivity (Wildman–Crippen MR) is 84.7 cm³/mol. The van der Waals surface area contributed by atoms with Crippen molar-refractivity contribution >= 4 is 0 Å². The smallest absolute Gasteiger partial charge is 0.0596 e. The molecule has 5 rings (SSSR count). The molecule has 21 heavy (non-hydrogen) atoms. The normalized spacial score (nSPS) is 61.2. The highest BCUT2D eigenvalue weighted by molar-refractivity contribution is 5.33. The van der Waals surface area contributed by atoms with Crippen LogP contribution in [-0.4, -0.2) is 11.2 Å². The van der Waals surface area contributed by atoms with Gasteiger partial charge in [-0.15, -0.1) is 0 Å². The molecule has 0 spiro atoms. The van der Waals surface area contributed by atoms with Gasteiger partial charge in [0.05, 0.1) is 6.10 Å². The van der Waals surface area contributed by atoms with Gasteiger partial charge in [-0.25, -0.2) is 0 Å². The Labute approximate surface area is 129 Å². The van der Waals surface area contributed by atoms with Gasteiger partial charge in [-0.2, -0.15) is 0 Å². The summed E-state index contributed by atoms with van der Waals surface area (Å²) in [6.07, 6.45) is 13.3. The summed E-state index contributed by atoms with van der Waals surface area (Å²) < 4.78 is 0. The SMILES string of the molecule is C[C@]12CC[C@H]3[C@@H]([C@@H]4C[C@@H]4C4=CCCC[C@@]43C)[C@@H]1CC[C@@H]2O. The lowest BCUT2D eigenvalue weighted by Gasteiger charge is -2.57. The van der Waals surface area contributed by atoms with Crippen molar-refractivity contribution in [2.24, 2.45) is 40.4 Å². The zero-order valence-electron chi connectivity index (χ0n) is 13.6. The fraction of sp³-hybridized carbons (Fsp3) is 0.900. The first kappa shape index (κ1) is 13.2. The van der Waals surface area contributed by atoms with E-state index < -0.39 is 0 Å². The summed E-state index contributed by atoms with van der Waals surface area (Å²) in [4.78, 5) is 0. The van der Waals surface area contributed by atoms with Crippen LogP contribution in [0.15, 0.2) is 11.6 Å². The molecule has 4 fully saturated rings. The monoisotopic (exact) mass is 286 g/mol. The zero-order valence-corrected chi connectivity index (χ0v) is 13.6. The first-order valence-electron chi connectivity index (χ1n) is 9.44. The van der Waals surface area contributed by atoms with Crippen LogP contribution >= 0.6 is 0 Å². The largest absolute Gasteiger partial charge is 0.393 e. The van der Waals surface area contributed by atoms with Gasteiger partial charge in [0.1, 0.15) is 0 Å². The molecule has 0 amide bonds. The molecule has 0 heterocycles. The van der Waals surface area contributed by atoms with Crippen LogP contribution in [0.2, 0.25) is 0 Å². The highest BCUT2D eigenvalue weighted by Crippen LogP contribution is 2.73. The Kier molecular flexibility index (Phi) is 2.48. The van der Waals surface area contributed by atoms with Crippen molar-refractivity contribution in [1.82, 2.24) is 0 Å². The molecule has 0 unspecified atom stereocenters. The molecule has 0 aliphatic heterocycles. The van der Waals surface area contributed by atoms with Crippen molar-refractivity contribution in [3.05, 3.63) is 11.6 Å². The number of aliphatic hydroxyl groups excluding tert-OH is 1. The van der Waals surface area contributed by atoms with Crippen LogP contribution in [0.25, 0.3) is 0 Å². The number of allylic oxidation sites excluding steroid dienone is 2. The second kappa shape index (κ2) is 3.96. The Morgan fingerprint density at radius 3 is 2.81 bits per heavy atom. The maximum absolute atomic E-state index is 10.6. The molecule has 1 nitrogen and oxygen atoms in total. The fourth-order valence-electron chi connectivity index (χ4n) is 7.58. The topological polar surface area (TPSA) is 20.2 Å². The molecule has 0 aromatic heterocycles. The lowest BCUT2D eigenvalue weighted by Crippen LogP contribution is -2.51. The summed E-state index contributed by atoms with van der Waals surface area (Å²) in [6.45, 7) is 5.02. The Morgan fingerprint density at radius 1 is 1.10 bits per heavy atom. The van der Waals surface area contributed by atoms with Crippen molar-refractivity contribution in [2.45, 2.75) is 71.3 Å². The summed E-state index contributed by atoms with van der Waals surface area (Å²) in [7, 11) is 0. The van der Waals surface area contributed by atoms with Crippen molar-refractivity contribution in [1.29, 1.82) is 0 Å². The van der Waals surface area contributed by atoms with Crippen molar-refractivity contribution in [3.63, 3.8) is 0 Å². The molecule has 1 heteroatoms. The van der Waals surface area contributed by atoms with E-state index in [0.29, 0.717) is 5.41 Å². The third-order valence-corrected chi connectivity index (χ3v) is 8.76. The van der Waals surface area contributed by atoms with Crippen LogP contribution in [0.1, 0.15) is 65.2 Å². The minimum atomic E-state index is -0.0169. The molecule has 0 saturated heterocycles. The van der Waals surface area contributed by atoms with E-state index >= 15 is 0 Å². The summed E-state index contributed by atoms with van der Waals surface area (Å²) in [5, 5.41) is 10.6. The summed E-state index contributed by atoms with van der Waals surface area (Å²) in [5.74, 6) is 4.61. The lowest BCUT2D eigenvalue weighted by atomic mass is 9.47. The lowest BCUT2D eigenvalue weighted by molar-refractivity contribution is -0.0789. The maximum Gasteiger partial charge on any atom is 0.0596 e. The van der Waals surface area contributed by atoms with Gasteiger partial charge in [-0.3, -0.25) is 0 Å². The number of hydrogen-bond donors (Lipinski definition) is 1. The van der Waals surface area contributed by atoms with Gasteiger partial charge >= 0.3 is 0 Å². The number of hydrogen-bond acceptors (Lipinski definition) is 1. The summed E-state index contributed by atoms with van der Waals surface area (Å²) in [6, 6.07) is 0. The fourth-order valence-corrected chi connectivity index (χ4v) is 7.58. The third-order valence-electron chi connectivity index (χ3n) is 8.76. The van der Waals surface area contributed by atoms with Crippen molar-refractivity contribution in [3.8, 4) is 0 Å². The van der Waals surface area contributed by atoms with E-state index in [1.165, 1.54) is 44.9 Å². The molecule has 116 valence electrons. The van der Waals surface area contributed by atoms with Gasteiger partial charge in [0.15, 0.2) is 0 Å². The second-order valence-corrected chi connectivity index (χ2v) is 9.40. The third kappa shape index (κ3) is 1.47. The van der Waals surface area contributed by atoms with E-state index in [0.717, 1.165) is 36.0 Å². The molecule has 0 bridgehead atoms. The maximum atomic E-state index is 10.6. The van der Waals surface area contributed by atoms with E-state index in [4.69, 9.17) is 0 Å². The van der Waals surface area contributed by atoms with Crippen LogP contribution in [-0.2, 0) is 0 Å². The van der Waals surface area contributed by atoms with Gasteiger partial charge in [-0.1, -0.05) is 25.5 Å². The molecule has 0 aromatic carbocycles. The first-order valence-corrected chi connectivity index (χ1v) is 9.44. The minimum absolute atomic E-state index is 0.0169. The van der Waals surface area contributed by atoms with E-state index in [-0.39, 0.29) is 11.5 Å². The summed E-state index contributed by atoms with van der Waals surface area (Å²) >= 11 is 0. The Morgan fingerprint density at radius 2 is 1.95 bits per heavy atom. The quantitative estimate of drug-likeness (QED) is 0.647. The van der Waals surface area contributed by atoms with Crippen LogP contribution in [0, 0.1) is 40.4 Å². The summed E-state index contributed by atoms with van der Waals surface area (Å²) in [5.41, 5.74) is 2.65. The van der Waals surface area contributed by atoms with Gasteiger partial charge < -0.3 is 5.11 Å². The number of fused-ring (bicyclic) bond motifs is 8. The van der Waals surface area contributed by atoms with Gasteiger partial charge in [0.25, 0.3) is 0 Å². The molecule has 5 aliphatic carbocycles. The Balaban J connectivity index is 1.57. The predicted octanol–water partition coefficient (Wildman–Crippen LogP) is 4.56. The number of rotatable bonds is 0. The van der Waals surface area contributed by atoms with Crippen LogP contribution in [0.4, 0.5) is 0 Å². The molecule has 8 atom stereocenters. The van der Waals surface area contributed by atoms with E-state index in [9.17, 15) is 5.11 Å². The average molecular weight is 286 g/mol. The second-order valence-electron chi connectivity index (χ2n) is 9.40. The van der Waals surface area contributed by atoms with Crippen LogP contribution in [0.3, 0.4) is 0 Å². The molecule has 0 aromatic rings. The van der Waals surface area contributed by atoms with Crippen LogP contribution in [0.5, 0.6) is 0 Å². The molecule has 0 radical (unpaired) electrons. The highest BCUT2D eigenvalue weighted by Gasteiger charge is 2.66. The van der Waals surface area contributed by atoms with E-state index in [2.05, 4.69) is 19.9 Å². The van der Waals surface area contributed by atoms with E-state index in [1.807, 2.05) is 5.57 Å². The molecular weight excluding hydrogens is 256 g/mol. The highest BCUT2D eigenvalue weighted by atomic mass is 16.3.